The number of fused-ring (bicyclic) bond motifs is 1. The molecule has 1 saturated carbocycles. The number of amides is 1. The minimum absolute atomic E-state index is 0.0127. The van der Waals surface area contributed by atoms with Crippen LogP contribution >= 0.6 is 0 Å². The van der Waals surface area contributed by atoms with E-state index in [2.05, 4.69) is 9.88 Å². The third-order valence-corrected chi connectivity index (χ3v) is 5.56. The first-order valence-electron chi connectivity index (χ1n) is 9.34. The quantitative estimate of drug-likeness (QED) is 0.832. The number of carbonyl (C=O) groups is 1. The molecule has 3 aliphatic rings. The van der Waals surface area contributed by atoms with Crippen LogP contribution in [0.2, 0.25) is 0 Å². The monoisotopic (exact) mass is 346 g/mol. The summed E-state index contributed by atoms with van der Waals surface area (Å²) in [6.45, 7) is 3.19. The predicted molar refractivity (Wildman–Crippen MR) is 90.8 cm³/mol. The summed E-state index contributed by atoms with van der Waals surface area (Å²) in [5.41, 5.74) is 0.928. The molecule has 0 aromatic carbocycles. The van der Waals surface area contributed by atoms with E-state index in [1.54, 1.807) is 6.20 Å². The van der Waals surface area contributed by atoms with E-state index < -0.39 is 0 Å². The van der Waals surface area contributed by atoms with Gasteiger partial charge in [0.1, 0.15) is 6.10 Å². The van der Waals surface area contributed by atoms with Gasteiger partial charge in [0.05, 0.1) is 31.1 Å². The Hall–Kier alpha value is -1.50. The van der Waals surface area contributed by atoms with Gasteiger partial charge in [-0.25, -0.2) is 0 Å². The van der Waals surface area contributed by atoms with Gasteiger partial charge in [0.2, 0.25) is 5.91 Å². The number of ether oxygens (including phenoxy) is 3. The van der Waals surface area contributed by atoms with Gasteiger partial charge < -0.3 is 19.1 Å². The molecule has 0 radical (unpaired) electrons. The highest BCUT2D eigenvalue weighted by Gasteiger charge is 2.46. The summed E-state index contributed by atoms with van der Waals surface area (Å²) in [5, 5.41) is 0. The average molecular weight is 346 g/mol. The number of pyridine rings is 1. The van der Waals surface area contributed by atoms with Gasteiger partial charge in [-0.3, -0.25) is 9.78 Å². The van der Waals surface area contributed by atoms with Crippen molar-refractivity contribution in [3.8, 4) is 0 Å². The van der Waals surface area contributed by atoms with E-state index in [1.807, 2.05) is 18.2 Å². The summed E-state index contributed by atoms with van der Waals surface area (Å²) < 4.78 is 17.5. The van der Waals surface area contributed by atoms with Gasteiger partial charge in [-0.2, -0.15) is 0 Å². The van der Waals surface area contributed by atoms with Crippen LogP contribution in [-0.2, 0) is 25.6 Å². The lowest BCUT2D eigenvalue weighted by atomic mass is 9.97. The molecule has 1 amide bonds. The largest absolute Gasteiger partial charge is 0.381 e. The first-order chi connectivity index (χ1) is 12.3. The third-order valence-electron chi connectivity index (χ3n) is 5.56. The molecule has 0 unspecified atom stereocenters. The van der Waals surface area contributed by atoms with Gasteiger partial charge in [0.25, 0.3) is 0 Å². The number of rotatable bonds is 4. The van der Waals surface area contributed by atoms with Crippen LogP contribution in [0.5, 0.6) is 0 Å². The lowest BCUT2D eigenvalue weighted by molar-refractivity contribution is -0.158. The molecule has 3 atom stereocenters. The predicted octanol–water partition coefficient (Wildman–Crippen LogP) is 1.78. The van der Waals surface area contributed by atoms with E-state index >= 15 is 0 Å². The average Bonchev–Trinajstić information content (AvgIpc) is 3.10. The summed E-state index contributed by atoms with van der Waals surface area (Å²) in [6.07, 6.45) is 5.37. The van der Waals surface area contributed by atoms with Crippen molar-refractivity contribution in [3.63, 3.8) is 0 Å². The maximum Gasteiger partial charge on any atom is 0.226 e. The van der Waals surface area contributed by atoms with Crippen molar-refractivity contribution in [2.75, 3.05) is 26.4 Å². The number of nitrogens with zero attached hydrogens (tertiary/aromatic N) is 2. The number of morpholine rings is 1. The van der Waals surface area contributed by atoms with Crippen LogP contribution in [0, 0.1) is 5.92 Å². The standard InChI is InChI=1S/C19H26N2O4/c22-19(14-6-10-23-11-7-14)21-9-12-24-18-16(21)4-5-17(18)25-13-15-3-1-2-8-20-15/h1-3,8,14,16-18H,4-7,9-13H2/t16-,17+,18+/m0/s1. The second-order valence-corrected chi connectivity index (χ2v) is 7.07. The van der Waals surface area contributed by atoms with Gasteiger partial charge in [-0.15, -0.1) is 0 Å². The number of hydrogen-bond acceptors (Lipinski definition) is 5. The summed E-state index contributed by atoms with van der Waals surface area (Å²) in [4.78, 5) is 19.3. The van der Waals surface area contributed by atoms with E-state index in [4.69, 9.17) is 14.2 Å². The van der Waals surface area contributed by atoms with E-state index in [1.165, 1.54) is 0 Å². The minimum atomic E-state index is -0.0127. The minimum Gasteiger partial charge on any atom is -0.381 e. The van der Waals surface area contributed by atoms with Crippen LogP contribution in [0.15, 0.2) is 24.4 Å². The van der Waals surface area contributed by atoms with Crippen molar-refractivity contribution < 1.29 is 19.0 Å². The molecule has 4 rings (SSSR count). The van der Waals surface area contributed by atoms with E-state index in [0.29, 0.717) is 33.0 Å². The molecule has 1 aromatic rings. The van der Waals surface area contributed by atoms with Crippen molar-refractivity contribution >= 4 is 5.91 Å². The van der Waals surface area contributed by atoms with Crippen molar-refractivity contribution in [1.29, 1.82) is 0 Å². The molecule has 0 spiro atoms. The fourth-order valence-corrected chi connectivity index (χ4v) is 4.22. The first-order valence-corrected chi connectivity index (χ1v) is 9.34. The fraction of sp³-hybridized carbons (Fsp3) is 0.684. The highest BCUT2D eigenvalue weighted by atomic mass is 16.5. The normalized spacial score (nSPS) is 30.2. The molecule has 6 nitrogen and oxygen atoms in total. The molecule has 0 N–H and O–H groups in total. The fourth-order valence-electron chi connectivity index (χ4n) is 4.22. The molecule has 3 fully saturated rings. The van der Waals surface area contributed by atoms with Gasteiger partial charge >= 0.3 is 0 Å². The first kappa shape index (κ1) is 16.9. The van der Waals surface area contributed by atoms with Gasteiger partial charge in [-0.1, -0.05) is 6.07 Å². The Labute approximate surface area is 148 Å². The Kier molecular flexibility index (Phi) is 5.29. The molecule has 0 bridgehead atoms. The number of hydrogen-bond donors (Lipinski definition) is 0. The van der Waals surface area contributed by atoms with Crippen molar-refractivity contribution in [3.05, 3.63) is 30.1 Å². The summed E-state index contributed by atoms with van der Waals surface area (Å²) in [7, 11) is 0. The van der Waals surface area contributed by atoms with Gasteiger partial charge in [-0.05, 0) is 37.8 Å². The molecular weight excluding hydrogens is 320 g/mol. The second kappa shape index (κ2) is 7.81. The Bertz CT molecular complexity index is 576. The molecular formula is C19H26N2O4. The van der Waals surface area contributed by atoms with Crippen LogP contribution < -0.4 is 0 Å². The highest BCUT2D eigenvalue weighted by Crippen LogP contribution is 2.34. The molecule has 3 heterocycles. The van der Waals surface area contributed by atoms with Gasteiger partial charge in [0, 0.05) is 31.9 Å². The zero-order valence-electron chi connectivity index (χ0n) is 14.5. The summed E-state index contributed by atoms with van der Waals surface area (Å²) in [5.74, 6) is 0.396. The van der Waals surface area contributed by atoms with Crippen molar-refractivity contribution in [2.24, 2.45) is 5.92 Å². The number of carbonyl (C=O) groups excluding carboxylic acids is 1. The topological polar surface area (TPSA) is 60.9 Å². The molecule has 1 aliphatic carbocycles. The zero-order chi connectivity index (χ0) is 17.1. The maximum atomic E-state index is 12.9. The van der Waals surface area contributed by atoms with Crippen LogP contribution in [0.4, 0.5) is 0 Å². The van der Waals surface area contributed by atoms with Crippen LogP contribution in [0.1, 0.15) is 31.4 Å². The smallest absolute Gasteiger partial charge is 0.226 e. The van der Waals surface area contributed by atoms with E-state index in [-0.39, 0.29) is 30.1 Å². The van der Waals surface area contributed by atoms with Crippen LogP contribution in [0.25, 0.3) is 0 Å². The third kappa shape index (κ3) is 3.71. The van der Waals surface area contributed by atoms with E-state index in [0.717, 1.165) is 31.4 Å². The van der Waals surface area contributed by atoms with Crippen molar-refractivity contribution in [2.45, 2.75) is 50.5 Å². The van der Waals surface area contributed by atoms with E-state index in [9.17, 15) is 4.79 Å². The van der Waals surface area contributed by atoms with Crippen LogP contribution in [-0.4, -0.2) is 60.4 Å². The van der Waals surface area contributed by atoms with Gasteiger partial charge in [0.15, 0.2) is 0 Å². The lowest BCUT2D eigenvalue weighted by Crippen LogP contribution is -2.55. The maximum absolute atomic E-state index is 12.9. The summed E-state index contributed by atoms with van der Waals surface area (Å²) in [6, 6.07) is 5.99. The van der Waals surface area contributed by atoms with Crippen molar-refractivity contribution in [1.82, 2.24) is 9.88 Å². The Morgan fingerprint density at radius 2 is 2.08 bits per heavy atom. The van der Waals surface area contributed by atoms with Crippen LogP contribution in [0.3, 0.4) is 0 Å². The molecule has 2 saturated heterocycles. The SMILES string of the molecule is O=C(C1CCOCC1)N1CCO[C@H]2[C@H](OCc3ccccn3)CC[C@@H]21. The molecule has 1 aromatic heterocycles. The Balaban J connectivity index is 1.37. The zero-order valence-corrected chi connectivity index (χ0v) is 14.5. The second-order valence-electron chi connectivity index (χ2n) is 7.07. The molecule has 6 heteroatoms. The summed E-state index contributed by atoms with van der Waals surface area (Å²) >= 11 is 0. The molecule has 25 heavy (non-hydrogen) atoms. The molecule has 136 valence electrons. The Morgan fingerprint density at radius 1 is 1.20 bits per heavy atom. The number of aromatic nitrogens is 1. The Morgan fingerprint density at radius 3 is 2.88 bits per heavy atom. The molecule has 2 aliphatic heterocycles. The lowest BCUT2D eigenvalue weighted by Gasteiger charge is -2.41. The highest BCUT2D eigenvalue weighted by molar-refractivity contribution is 5.79.